The van der Waals surface area contributed by atoms with Gasteiger partial charge in [-0.1, -0.05) is 42.5 Å². The number of likely N-dealkylation sites (tertiary alicyclic amines) is 1. The number of carbonyl (C=O) groups excluding carboxylic acids is 3. The molecule has 7 nitrogen and oxygen atoms in total. The summed E-state index contributed by atoms with van der Waals surface area (Å²) in [5.41, 5.74) is 2.49. The van der Waals surface area contributed by atoms with Crippen LogP contribution in [0.25, 0.3) is 0 Å². The average molecular weight is 486 g/mol. The maximum Gasteiger partial charge on any atom is 0.256 e. The molecule has 1 fully saturated rings. The molecule has 7 heteroatoms. The molecule has 0 bridgehead atoms. The van der Waals surface area contributed by atoms with E-state index in [2.05, 4.69) is 10.6 Å². The van der Waals surface area contributed by atoms with Gasteiger partial charge in [0.2, 0.25) is 11.8 Å². The van der Waals surface area contributed by atoms with E-state index in [1.54, 1.807) is 23.1 Å². The van der Waals surface area contributed by atoms with Crippen molar-refractivity contribution in [3.05, 3.63) is 90.0 Å². The molecule has 0 saturated carbocycles. The molecule has 3 aromatic rings. The molecule has 2 N–H and O–H groups in total. The third-order valence-corrected chi connectivity index (χ3v) is 6.34. The lowest BCUT2D eigenvalue weighted by atomic mass is 9.96. The highest BCUT2D eigenvalue weighted by Gasteiger charge is 2.28. The Bertz CT molecular complexity index is 1200. The van der Waals surface area contributed by atoms with E-state index in [1.165, 1.54) is 0 Å². The number of amides is 3. The van der Waals surface area contributed by atoms with Gasteiger partial charge >= 0.3 is 0 Å². The Morgan fingerprint density at radius 3 is 2.39 bits per heavy atom. The van der Waals surface area contributed by atoms with Crippen LogP contribution in [0.5, 0.6) is 5.75 Å². The topological polar surface area (TPSA) is 87.7 Å². The number of ether oxygens (including phenoxy) is 1. The lowest BCUT2D eigenvalue weighted by Crippen LogP contribution is -2.44. The van der Waals surface area contributed by atoms with Gasteiger partial charge in [-0.15, -0.1) is 0 Å². The number of nitrogens with one attached hydrogen (secondary N) is 2. The fourth-order valence-corrected chi connectivity index (χ4v) is 4.32. The minimum Gasteiger partial charge on any atom is -0.493 e. The smallest absolute Gasteiger partial charge is 0.256 e. The highest BCUT2D eigenvalue weighted by atomic mass is 16.5. The molecular weight excluding hydrogens is 454 g/mol. The number of rotatable bonds is 8. The first-order valence-electron chi connectivity index (χ1n) is 12.2. The second-order valence-corrected chi connectivity index (χ2v) is 8.88. The molecule has 1 heterocycles. The summed E-state index contributed by atoms with van der Waals surface area (Å²) in [6, 6.07) is 23.9. The summed E-state index contributed by atoms with van der Waals surface area (Å²) >= 11 is 0. The van der Waals surface area contributed by atoms with Crippen LogP contribution in [0.15, 0.2) is 78.9 Å². The predicted molar refractivity (Wildman–Crippen MR) is 140 cm³/mol. The maximum atomic E-state index is 13.1. The van der Waals surface area contributed by atoms with Crippen molar-refractivity contribution in [3.63, 3.8) is 0 Å². The lowest BCUT2D eigenvalue weighted by Gasteiger charge is -2.32. The fourth-order valence-electron chi connectivity index (χ4n) is 4.32. The van der Waals surface area contributed by atoms with E-state index < -0.39 is 0 Å². The molecule has 1 unspecified atom stereocenters. The van der Waals surface area contributed by atoms with Gasteiger partial charge < -0.3 is 20.3 Å². The van der Waals surface area contributed by atoms with Gasteiger partial charge in [0.15, 0.2) is 0 Å². The van der Waals surface area contributed by atoms with E-state index in [9.17, 15) is 14.4 Å². The summed E-state index contributed by atoms with van der Waals surface area (Å²) in [7, 11) is 0. The van der Waals surface area contributed by atoms with E-state index >= 15 is 0 Å². The van der Waals surface area contributed by atoms with Crippen LogP contribution in [-0.4, -0.2) is 42.3 Å². The molecule has 3 amide bonds. The first kappa shape index (κ1) is 25.0. The zero-order valence-corrected chi connectivity index (χ0v) is 20.4. The minimum atomic E-state index is -0.307. The van der Waals surface area contributed by atoms with Crippen molar-refractivity contribution in [2.75, 3.05) is 30.3 Å². The number of hydrogen-bond acceptors (Lipinski definition) is 4. The monoisotopic (exact) mass is 485 g/mol. The molecular formula is C29H31N3O4. The lowest BCUT2D eigenvalue weighted by molar-refractivity contribution is -0.135. The van der Waals surface area contributed by atoms with Gasteiger partial charge in [0.1, 0.15) is 5.75 Å². The molecule has 1 aliphatic rings. The number of carbonyl (C=O) groups is 3. The van der Waals surface area contributed by atoms with E-state index in [-0.39, 0.29) is 30.1 Å². The van der Waals surface area contributed by atoms with Crippen LogP contribution in [0.4, 0.5) is 11.4 Å². The van der Waals surface area contributed by atoms with Gasteiger partial charge in [-0.25, -0.2) is 0 Å². The molecule has 0 aliphatic carbocycles. The molecule has 0 radical (unpaired) electrons. The normalized spacial score (nSPS) is 15.1. The summed E-state index contributed by atoms with van der Waals surface area (Å²) in [6.45, 7) is 3.14. The molecule has 1 aliphatic heterocycles. The van der Waals surface area contributed by atoms with Crippen molar-refractivity contribution in [1.29, 1.82) is 0 Å². The summed E-state index contributed by atoms with van der Waals surface area (Å²) in [6.07, 6.45) is 1.74. The van der Waals surface area contributed by atoms with Gasteiger partial charge in [-0.2, -0.15) is 0 Å². The van der Waals surface area contributed by atoms with Crippen LogP contribution >= 0.6 is 0 Å². The quantitative estimate of drug-likeness (QED) is 0.475. The van der Waals surface area contributed by atoms with Crippen molar-refractivity contribution in [2.24, 2.45) is 5.92 Å². The molecule has 1 atom stereocenters. The van der Waals surface area contributed by atoms with E-state index in [0.717, 1.165) is 12.2 Å². The number of benzene rings is 3. The SMILES string of the molecule is Cc1c(NC(=O)C2CCCN(C(=O)CCOc3ccccc3)C2)cccc1C(=O)Nc1ccccc1. The van der Waals surface area contributed by atoms with Crippen LogP contribution in [0.2, 0.25) is 0 Å². The van der Waals surface area contributed by atoms with Crippen LogP contribution in [0.3, 0.4) is 0 Å². The van der Waals surface area contributed by atoms with Gasteiger partial charge in [-0.3, -0.25) is 14.4 Å². The van der Waals surface area contributed by atoms with Crippen LogP contribution < -0.4 is 15.4 Å². The summed E-state index contributed by atoms with van der Waals surface area (Å²) in [5.74, 6) is 0.0353. The van der Waals surface area contributed by atoms with Crippen molar-refractivity contribution in [1.82, 2.24) is 4.90 Å². The zero-order valence-electron chi connectivity index (χ0n) is 20.4. The van der Waals surface area contributed by atoms with Crippen molar-refractivity contribution in [3.8, 4) is 5.75 Å². The molecule has 36 heavy (non-hydrogen) atoms. The molecule has 3 aromatic carbocycles. The molecule has 1 saturated heterocycles. The van der Waals surface area contributed by atoms with Gasteiger partial charge in [0, 0.05) is 30.0 Å². The Balaban J connectivity index is 1.32. The van der Waals surface area contributed by atoms with Crippen LogP contribution in [0, 0.1) is 12.8 Å². The Hall–Kier alpha value is -4.13. The molecule has 0 spiro atoms. The average Bonchev–Trinajstić information content (AvgIpc) is 2.91. The summed E-state index contributed by atoms with van der Waals surface area (Å²) < 4.78 is 5.64. The highest BCUT2D eigenvalue weighted by Crippen LogP contribution is 2.24. The van der Waals surface area contributed by atoms with Gasteiger partial charge in [-0.05, 0) is 61.7 Å². The molecule has 0 aromatic heterocycles. The van der Waals surface area contributed by atoms with E-state index in [4.69, 9.17) is 4.74 Å². The van der Waals surface area contributed by atoms with Crippen molar-refractivity contribution < 1.29 is 19.1 Å². The highest BCUT2D eigenvalue weighted by molar-refractivity contribution is 6.07. The first-order valence-corrected chi connectivity index (χ1v) is 12.2. The maximum absolute atomic E-state index is 13.1. The second-order valence-electron chi connectivity index (χ2n) is 8.88. The molecule has 186 valence electrons. The third-order valence-electron chi connectivity index (χ3n) is 6.34. The standard InChI is InChI=1S/C29H31N3O4/c1-21-25(29(35)30-23-11-4-2-5-12-23)15-8-16-26(21)31-28(34)22-10-9-18-32(20-22)27(33)17-19-36-24-13-6-3-7-14-24/h2-8,11-16,22H,9-10,17-20H2,1H3,(H,30,35)(H,31,34). The first-order chi connectivity index (χ1) is 17.5. The summed E-state index contributed by atoms with van der Waals surface area (Å²) in [5, 5.41) is 5.86. The van der Waals surface area contributed by atoms with Crippen molar-refractivity contribution in [2.45, 2.75) is 26.2 Å². The largest absolute Gasteiger partial charge is 0.493 e. The fraction of sp³-hybridized carbons (Fsp3) is 0.276. The predicted octanol–water partition coefficient (Wildman–Crippen LogP) is 4.89. The number of hydrogen-bond donors (Lipinski definition) is 2. The number of anilines is 2. The Kier molecular flexibility index (Phi) is 8.34. The van der Waals surface area contributed by atoms with E-state index in [1.807, 2.05) is 67.6 Å². The number of para-hydroxylation sites is 2. The third kappa shape index (κ3) is 6.50. The Morgan fingerprint density at radius 2 is 1.64 bits per heavy atom. The Labute approximate surface area is 211 Å². The zero-order chi connectivity index (χ0) is 25.3. The van der Waals surface area contributed by atoms with Gasteiger partial charge in [0.25, 0.3) is 5.91 Å². The Morgan fingerprint density at radius 1 is 0.917 bits per heavy atom. The van der Waals surface area contributed by atoms with Gasteiger partial charge in [0.05, 0.1) is 18.9 Å². The summed E-state index contributed by atoms with van der Waals surface area (Å²) in [4.78, 5) is 40.3. The van der Waals surface area contributed by atoms with Crippen LogP contribution in [0.1, 0.15) is 35.2 Å². The molecule has 4 rings (SSSR count). The number of piperidine rings is 1. The van der Waals surface area contributed by atoms with Crippen LogP contribution in [-0.2, 0) is 9.59 Å². The second kappa shape index (κ2) is 12.0. The number of nitrogens with zero attached hydrogens (tertiary/aromatic N) is 1. The van der Waals surface area contributed by atoms with Crippen molar-refractivity contribution >= 4 is 29.1 Å². The van der Waals surface area contributed by atoms with E-state index in [0.29, 0.717) is 48.6 Å². The minimum absolute atomic E-state index is 0.0146.